The normalized spacial score (nSPS) is 22.4. The van der Waals surface area contributed by atoms with E-state index < -0.39 is 0 Å². The number of ether oxygens (including phenoxy) is 2. The lowest BCUT2D eigenvalue weighted by Crippen LogP contribution is -2.35. The first-order valence-corrected chi connectivity index (χ1v) is 5.41. The van der Waals surface area contributed by atoms with Crippen molar-refractivity contribution in [2.45, 2.75) is 18.3 Å². The number of fused-ring (bicyclic) bond motifs is 2. The molecule has 2 aliphatic rings. The Bertz CT molecular complexity index is 383. The minimum atomic E-state index is 0.196. The number of nitrogens with two attached hydrogens (primary N) is 1. The van der Waals surface area contributed by atoms with E-state index in [9.17, 15) is 0 Å². The second-order valence-corrected chi connectivity index (χ2v) is 4.44. The zero-order chi connectivity index (χ0) is 10.3. The SMILES string of the molecule is Nc1ccc2c(c1)OCC21CCOCC1. The second kappa shape index (κ2) is 3.14. The highest BCUT2D eigenvalue weighted by atomic mass is 16.5. The average molecular weight is 205 g/mol. The maximum Gasteiger partial charge on any atom is 0.125 e. The number of hydrogen-bond donors (Lipinski definition) is 1. The van der Waals surface area contributed by atoms with Crippen LogP contribution in [0.25, 0.3) is 0 Å². The molecule has 1 spiro atoms. The molecule has 0 aliphatic carbocycles. The zero-order valence-corrected chi connectivity index (χ0v) is 8.66. The zero-order valence-electron chi connectivity index (χ0n) is 8.66. The highest BCUT2D eigenvalue weighted by molar-refractivity contribution is 5.53. The molecule has 1 saturated heterocycles. The molecule has 1 aromatic carbocycles. The Balaban J connectivity index is 2.03. The van der Waals surface area contributed by atoms with Crippen molar-refractivity contribution in [1.82, 2.24) is 0 Å². The van der Waals surface area contributed by atoms with Gasteiger partial charge in [0.1, 0.15) is 5.75 Å². The summed E-state index contributed by atoms with van der Waals surface area (Å²) in [6, 6.07) is 6.01. The van der Waals surface area contributed by atoms with Gasteiger partial charge in [-0.25, -0.2) is 0 Å². The summed E-state index contributed by atoms with van der Waals surface area (Å²) in [7, 11) is 0. The van der Waals surface area contributed by atoms with Gasteiger partial charge in [0.15, 0.2) is 0 Å². The van der Waals surface area contributed by atoms with Gasteiger partial charge in [0.05, 0.1) is 6.61 Å². The van der Waals surface area contributed by atoms with Gasteiger partial charge in [-0.2, -0.15) is 0 Å². The van der Waals surface area contributed by atoms with Gasteiger partial charge < -0.3 is 15.2 Å². The molecular weight excluding hydrogens is 190 g/mol. The van der Waals surface area contributed by atoms with E-state index in [1.54, 1.807) is 0 Å². The van der Waals surface area contributed by atoms with Crippen LogP contribution in [-0.4, -0.2) is 19.8 Å². The highest BCUT2D eigenvalue weighted by Gasteiger charge is 2.41. The Morgan fingerprint density at radius 1 is 1.20 bits per heavy atom. The van der Waals surface area contributed by atoms with Crippen LogP contribution < -0.4 is 10.5 Å². The largest absolute Gasteiger partial charge is 0.492 e. The fraction of sp³-hybridized carbons (Fsp3) is 0.500. The monoisotopic (exact) mass is 205 g/mol. The highest BCUT2D eigenvalue weighted by Crippen LogP contribution is 2.45. The Kier molecular flexibility index (Phi) is 1.89. The first-order valence-electron chi connectivity index (χ1n) is 5.41. The van der Waals surface area contributed by atoms with Crippen LogP contribution in [0.15, 0.2) is 18.2 Å². The fourth-order valence-electron chi connectivity index (χ4n) is 2.57. The minimum absolute atomic E-state index is 0.196. The summed E-state index contributed by atoms with van der Waals surface area (Å²) < 4.78 is 11.2. The van der Waals surface area contributed by atoms with E-state index >= 15 is 0 Å². The van der Waals surface area contributed by atoms with Crippen molar-refractivity contribution in [3.05, 3.63) is 23.8 Å². The van der Waals surface area contributed by atoms with Crippen LogP contribution >= 0.6 is 0 Å². The molecular formula is C12H15NO2. The summed E-state index contributed by atoms with van der Waals surface area (Å²) in [6.45, 7) is 2.47. The van der Waals surface area contributed by atoms with Gasteiger partial charge in [-0.3, -0.25) is 0 Å². The molecule has 0 unspecified atom stereocenters. The molecule has 1 aromatic rings. The number of nitrogen functional groups attached to an aromatic ring is 1. The van der Waals surface area contributed by atoms with Gasteiger partial charge in [0.25, 0.3) is 0 Å². The van der Waals surface area contributed by atoms with Crippen LogP contribution in [0.5, 0.6) is 5.75 Å². The van der Waals surface area contributed by atoms with E-state index in [1.807, 2.05) is 12.1 Å². The molecule has 0 atom stereocenters. The predicted octanol–water partition coefficient (Wildman–Crippen LogP) is 1.71. The molecule has 1 fully saturated rings. The van der Waals surface area contributed by atoms with Crippen molar-refractivity contribution in [2.24, 2.45) is 0 Å². The quantitative estimate of drug-likeness (QED) is 0.656. The van der Waals surface area contributed by atoms with E-state index in [0.29, 0.717) is 0 Å². The van der Waals surface area contributed by atoms with Crippen molar-refractivity contribution >= 4 is 5.69 Å². The average Bonchev–Trinajstić information content (AvgIpc) is 2.58. The summed E-state index contributed by atoms with van der Waals surface area (Å²) in [5.41, 5.74) is 8.04. The third-order valence-corrected chi connectivity index (χ3v) is 3.53. The van der Waals surface area contributed by atoms with E-state index in [2.05, 4.69) is 6.07 Å². The third-order valence-electron chi connectivity index (χ3n) is 3.53. The molecule has 15 heavy (non-hydrogen) atoms. The summed E-state index contributed by atoms with van der Waals surface area (Å²) in [4.78, 5) is 0. The van der Waals surface area contributed by atoms with Crippen molar-refractivity contribution in [1.29, 1.82) is 0 Å². The van der Waals surface area contributed by atoms with Gasteiger partial charge in [0, 0.05) is 35.9 Å². The Hall–Kier alpha value is -1.22. The van der Waals surface area contributed by atoms with Gasteiger partial charge in [0.2, 0.25) is 0 Å². The topological polar surface area (TPSA) is 44.5 Å². The molecule has 2 heterocycles. The number of rotatable bonds is 0. The predicted molar refractivity (Wildman–Crippen MR) is 58.1 cm³/mol. The smallest absolute Gasteiger partial charge is 0.125 e. The second-order valence-electron chi connectivity index (χ2n) is 4.44. The third kappa shape index (κ3) is 1.30. The van der Waals surface area contributed by atoms with Crippen LogP contribution in [0, 0.1) is 0 Å². The van der Waals surface area contributed by atoms with Crippen molar-refractivity contribution in [3.63, 3.8) is 0 Å². The number of hydrogen-bond acceptors (Lipinski definition) is 3. The summed E-state index contributed by atoms with van der Waals surface area (Å²) >= 11 is 0. The van der Waals surface area contributed by atoms with Gasteiger partial charge in [-0.1, -0.05) is 6.07 Å². The van der Waals surface area contributed by atoms with E-state index in [0.717, 1.165) is 44.1 Å². The van der Waals surface area contributed by atoms with Crippen molar-refractivity contribution < 1.29 is 9.47 Å². The number of anilines is 1. The Labute approximate surface area is 89.2 Å². The van der Waals surface area contributed by atoms with Gasteiger partial charge in [-0.05, 0) is 18.9 Å². The molecule has 0 amide bonds. The van der Waals surface area contributed by atoms with Crippen LogP contribution in [0.1, 0.15) is 18.4 Å². The molecule has 0 aromatic heterocycles. The lowest BCUT2D eigenvalue weighted by Gasteiger charge is -2.31. The Morgan fingerprint density at radius 3 is 2.80 bits per heavy atom. The summed E-state index contributed by atoms with van der Waals surface area (Å²) in [5.74, 6) is 0.969. The molecule has 3 rings (SSSR count). The lowest BCUT2D eigenvalue weighted by molar-refractivity contribution is 0.0420. The lowest BCUT2D eigenvalue weighted by atomic mass is 9.76. The Morgan fingerprint density at radius 2 is 2.00 bits per heavy atom. The van der Waals surface area contributed by atoms with Gasteiger partial charge in [-0.15, -0.1) is 0 Å². The molecule has 3 nitrogen and oxygen atoms in total. The van der Waals surface area contributed by atoms with E-state index in [-0.39, 0.29) is 5.41 Å². The maximum atomic E-state index is 5.74. The molecule has 2 aliphatic heterocycles. The van der Waals surface area contributed by atoms with Crippen LogP contribution in [0.4, 0.5) is 5.69 Å². The molecule has 3 heteroatoms. The van der Waals surface area contributed by atoms with E-state index in [1.165, 1.54) is 5.56 Å². The summed E-state index contributed by atoms with van der Waals surface area (Å²) in [5, 5.41) is 0. The fourth-order valence-corrected chi connectivity index (χ4v) is 2.57. The minimum Gasteiger partial charge on any atom is -0.492 e. The molecule has 0 bridgehead atoms. The molecule has 0 radical (unpaired) electrons. The van der Waals surface area contributed by atoms with Crippen LogP contribution in [0.3, 0.4) is 0 Å². The first kappa shape index (κ1) is 9.04. The van der Waals surface area contributed by atoms with Crippen LogP contribution in [0.2, 0.25) is 0 Å². The van der Waals surface area contributed by atoms with Crippen LogP contribution in [-0.2, 0) is 10.2 Å². The first-order chi connectivity index (χ1) is 7.30. The standard InChI is InChI=1S/C12H15NO2/c13-9-1-2-10-11(7-9)15-8-12(10)3-5-14-6-4-12/h1-2,7H,3-6,8,13H2. The maximum absolute atomic E-state index is 5.74. The molecule has 0 saturated carbocycles. The molecule has 2 N–H and O–H groups in total. The van der Waals surface area contributed by atoms with E-state index in [4.69, 9.17) is 15.2 Å². The molecule has 80 valence electrons. The van der Waals surface area contributed by atoms with Crippen molar-refractivity contribution in [3.8, 4) is 5.75 Å². The number of benzene rings is 1. The van der Waals surface area contributed by atoms with Gasteiger partial charge >= 0.3 is 0 Å². The summed E-state index contributed by atoms with van der Waals surface area (Å²) in [6.07, 6.45) is 2.12. The van der Waals surface area contributed by atoms with Crippen molar-refractivity contribution in [2.75, 3.05) is 25.6 Å².